The molecule has 15 heavy (non-hydrogen) atoms. The molecule has 82 valence electrons. The Morgan fingerprint density at radius 2 is 2.20 bits per heavy atom. The fourth-order valence-electron chi connectivity index (χ4n) is 1.50. The Hall–Kier alpha value is -0.440. The van der Waals surface area contributed by atoms with Crippen molar-refractivity contribution in [3.63, 3.8) is 0 Å². The molecule has 4 heteroatoms. The van der Waals surface area contributed by atoms with Gasteiger partial charge in [0, 0.05) is 0 Å². The monoisotopic (exact) mass is 246 g/mol. The van der Waals surface area contributed by atoms with Crippen LogP contribution in [0.15, 0.2) is 18.2 Å². The highest BCUT2D eigenvalue weighted by Crippen LogP contribution is 2.39. The number of hydrogen-bond donors (Lipinski definition) is 0. The number of rotatable bonds is 3. The average Bonchev–Trinajstić information content (AvgIpc) is 2.18. The standard InChI is InChI=1S/C11H12Cl2O2/c1-2-15-10-4-3-8(5-9(10)12)11(13)6-14-7-11/h3-5H,2,6-7H2,1H3. The van der Waals surface area contributed by atoms with Gasteiger partial charge in [0.15, 0.2) is 0 Å². The summed E-state index contributed by atoms with van der Waals surface area (Å²) in [6.07, 6.45) is 0. The van der Waals surface area contributed by atoms with Gasteiger partial charge in [0.25, 0.3) is 0 Å². The summed E-state index contributed by atoms with van der Waals surface area (Å²) in [6, 6.07) is 5.64. The van der Waals surface area contributed by atoms with E-state index in [4.69, 9.17) is 32.7 Å². The van der Waals surface area contributed by atoms with E-state index in [1.54, 1.807) is 0 Å². The van der Waals surface area contributed by atoms with E-state index in [1.807, 2.05) is 25.1 Å². The highest BCUT2D eigenvalue weighted by molar-refractivity contribution is 6.32. The van der Waals surface area contributed by atoms with Crippen LogP contribution in [0.25, 0.3) is 0 Å². The van der Waals surface area contributed by atoms with E-state index in [0.717, 1.165) is 5.56 Å². The van der Waals surface area contributed by atoms with Crippen LogP contribution >= 0.6 is 23.2 Å². The Balaban J connectivity index is 2.25. The molecular formula is C11H12Cl2O2. The highest BCUT2D eigenvalue weighted by atomic mass is 35.5. The minimum absolute atomic E-state index is 0.394. The SMILES string of the molecule is CCOc1ccc(C2(Cl)COC2)cc1Cl. The smallest absolute Gasteiger partial charge is 0.137 e. The second-order valence-electron chi connectivity index (χ2n) is 3.54. The van der Waals surface area contributed by atoms with Crippen molar-refractivity contribution in [3.05, 3.63) is 28.8 Å². The second kappa shape index (κ2) is 4.20. The van der Waals surface area contributed by atoms with Gasteiger partial charge in [-0.1, -0.05) is 17.7 Å². The topological polar surface area (TPSA) is 18.5 Å². The summed E-state index contributed by atoms with van der Waals surface area (Å²) < 4.78 is 10.5. The number of alkyl halides is 1. The molecule has 0 unspecified atom stereocenters. The molecule has 2 rings (SSSR count). The first-order valence-electron chi connectivity index (χ1n) is 4.85. The minimum atomic E-state index is -0.394. The largest absolute Gasteiger partial charge is 0.492 e. The fourth-order valence-corrected chi connectivity index (χ4v) is 2.01. The van der Waals surface area contributed by atoms with Crippen LogP contribution in [0.5, 0.6) is 5.75 Å². The summed E-state index contributed by atoms with van der Waals surface area (Å²) in [6.45, 7) is 3.61. The summed E-state index contributed by atoms with van der Waals surface area (Å²) in [5.41, 5.74) is 0.990. The van der Waals surface area contributed by atoms with Gasteiger partial charge >= 0.3 is 0 Å². The molecule has 0 spiro atoms. The van der Waals surface area contributed by atoms with E-state index in [-0.39, 0.29) is 0 Å². The van der Waals surface area contributed by atoms with Gasteiger partial charge in [-0.2, -0.15) is 0 Å². The molecule has 0 aliphatic carbocycles. The van der Waals surface area contributed by atoms with E-state index in [9.17, 15) is 0 Å². The molecule has 1 aliphatic rings. The van der Waals surface area contributed by atoms with Gasteiger partial charge in [0.1, 0.15) is 10.6 Å². The van der Waals surface area contributed by atoms with Crippen LogP contribution in [-0.2, 0) is 9.61 Å². The predicted molar refractivity (Wildman–Crippen MR) is 61.0 cm³/mol. The molecule has 1 aromatic rings. The molecule has 0 bridgehead atoms. The van der Waals surface area contributed by atoms with Crippen molar-refractivity contribution in [1.82, 2.24) is 0 Å². The zero-order chi connectivity index (χ0) is 10.9. The van der Waals surface area contributed by atoms with Gasteiger partial charge in [0.2, 0.25) is 0 Å². The van der Waals surface area contributed by atoms with Crippen molar-refractivity contribution in [2.45, 2.75) is 11.8 Å². The molecule has 1 fully saturated rings. The normalized spacial score (nSPS) is 18.3. The second-order valence-corrected chi connectivity index (χ2v) is 4.67. The van der Waals surface area contributed by atoms with Crippen LogP contribution in [0.4, 0.5) is 0 Å². The third kappa shape index (κ3) is 2.07. The Kier molecular flexibility index (Phi) is 3.10. The highest BCUT2D eigenvalue weighted by Gasteiger charge is 2.38. The molecule has 0 N–H and O–H groups in total. The van der Waals surface area contributed by atoms with E-state index < -0.39 is 4.87 Å². The van der Waals surface area contributed by atoms with Crippen LogP contribution in [0, 0.1) is 0 Å². The van der Waals surface area contributed by atoms with E-state index in [0.29, 0.717) is 30.6 Å². The summed E-state index contributed by atoms with van der Waals surface area (Å²) in [7, 11) is 0. The van der Waals surface area contributed by atoms with Crippen LogP contribution < -0.4 is 4.74 Å². The lowest BCUT2D eigenvalue weighted by molar-refractivity contribution is -0.0152. The Bertz CT molecular complexity index is 362. The Labute approximate surface area is 99.1 Å². The third-order valence-electron chi connectivity index (χ3n) is 2.41. The summed E-state index contributed by atoms with van der Waals surface area (Å²) in [4.78, 5) is -0.394. The molecular weight excluding hydrogens is 235 g/mol. The molecule has 0 aromatic heterocycles. The van der Waals surface area contributed by atoms with Crippen molar-refractivity contribution >= 4 is 23.2 Å². The Morgan fingerprint density at radius 1 is 1.47 bits per heavy atom. The number of hydrogen-bond acceptors (Lipinski definition) is 2. The predicted octanol–water partition coefficient (Wildman–Crippen LogP) is 3.20. The first kappa shape index (κ1) is 11.1. The molecule has 0 radical (unpaired) electrons. The van der Waals surface area contributed by atoms with Crippen LogP contribution in [0.3, 0.4) is 0 Å². The maximum atomic E-state index is 6.31. The number of halogens is 2. The minimum Gasteiger partial charge on any atom is -0.492 e. The van der Waals surface area contributed by atoms with Crippen molar-refractivity contribution in [2.75, 3.05) is 19.8 Å². The molecule has 0 amide bonds. The zero-order valence-electron chi connectivity index (χ0n) is 8.43. The lowest BCUT2D eigenvalue weighted by Crippen LogP contribution is -2.41. The first-order valence-corrected chi connectivity index (χ1v) is 5.61. The van der Waals surface area contributed by atoms with Gasteiger partial charge in [-0.3, -0.25) is 0 Å². The lowest BCUT2D eigenvalue weighted by Gasteiger charge is -2.36. The molecule has 1 heterocycles. The van der Waals surface area contributed by atoms with Gasteiger partial charge < -0.3 is 9.47 Å². The summed E-state index contributed by atoms with van der Waals surface area (Å²) >= 11 is 12.4. The van der Waals surface area contributed by atoms with Crippen LogP contribution in [0.1, 0.15) is 12.5 Å². The zero-order valence-corrected chi connectivity index (χ0v) is 9.94. The van der Waals surface area contributed by atoms with Gasteiger partial charge in [-0.05, 0) is 24.6 Å². The molecule has 1 aliphatic heterocycles. The van der Waals surface area contributed by atoms with Crippen molar-refractivity contribution in [3.8, 4) is 5.75 Å². The van der Waals surface area contributed by atoms with Crippen LogP contribution in [-0.4, -0.2) is 19.8 Å². The van der Waals surface area contributed by atoms with Gasteiger partial charge in [-0.25, -0.2) is 0 Å². The summed E-state index contributed by atoms with van der Waals surface area (Å²) in [5, 5.41) is 0.598. The van der Waals surface area contributed by atoms with Crippen molar-refractivity contribution in [2.24, 2.45) is 0 Å². The van der Waals surface area contributed by atoms with E-state index in [1.165, 1.54) is 0 Å². The first-order chi connectivity index (χ1) is 7.15. The third-order valence-corrected chi connectivity index (χ3v) is 3.14. The Morgan fingerprint density at radius 3 is 2.67 bits per heavy atom. The van der Waals surface area contributed by atoms with Gasteiger partial charge in [0.05, 0.1) is 24.8 Å². The van der Waals surface area contributed by atoms with Crippen molar-refractivity contribution < 1.29 is 9.47 Å². The van der Waals surface area contributed by atoms with Crippen molar-refractivity contribution in [1.29, 1.82) is 0 Å². The fraction of sp³-hybridized carbons (Fsp3) is 0.455. The van der Waals surface area contributed by atoms with E-state index in [2.05, 4.69) is 0 Å². The van der Waals surface area contributed by atoms with Crippen LogP contribution in [0.2, 0.25) is 5.02 Å². The maximum absolute atomic E-state index is 6.31. The molecule has 0 saturated carbocycles. The molecule has 0 atom stereocenters. The van der Waals surface area contributed by atoms with Gasteiger partial charge in [-0.15, -0.1) is 11.6 Å². The molecule has 1 saturated heterocycles. The quantitative estimate of drug-likeness (QED) is 0.763. The molecule has 1 aromatic carbocycles. The number of ether oxygens (including phenoxy) is 2. The summed E-state index contributed by atoms with van der Waals surface area (Å²) in [5.74, 6) is 0.698. The lowest BCUT2D eigenvalue weighted by atomic mass is 9.96. The maximum Gasteiger partial charge on any atom is 0.137 e. The number of benzene rings is 1. The van der Waals surface area contributed by atoms with E-state index >= 15 is 0 Å². The average molecular weight is 247 g/mol. The molecule has 2 nitrogen and oxygen atoms in total.